The largest absolute Gasteiger partial charge is 0.486 e. The fourth-order valence-corrected chi connectivity index (χ4v) is 2.45. The Bertz CT molecular complexity index is 629. The van der Waals surface area contributed by atoms with Crippen molar-refractivity contribution in [1.29, 1.82) is 0 Å². The highest BCUT2D eigenvalue weighted by Crippen LogP contribution is 2.24. The lowest BCUT2D eigenvalue weighted by Gasteiger charge is -2.19. The molecular formula is C16H22N4OS. The first-order chi connectivity index (χ1) is 10.4. The zero-order chi connectivity index (χ0) is 16.2. The van der Waals surface area contributed by atoms with Crippen molar-refractivity contribution >= 4 is 11.8 Å². The Labute approximate surface area is 135 Å². The van der Waals surface area contributed by atoms with E-state index < -0.39 is 0 Å². The second kappa shape index (κ2) is 6.87. The number of thioether (sulfide) groups is 1. The molecule has 0 aliphatic heterocycles. The van der Waals surface area contributed by atoms with Crippen LogP contribution >= 0.6 is 11.8 Å². The van der Waals surface area contributed by atoms with Crippen molar-refractivity contribution in [3.63, 3.8) is 0 Å². The van der Waals surface area contributed by atoms with Crippen LogP contribution in [0.5, 0.6) is 5.75 Å². The standard InChI is InChI=1S/C16H22N4OS/c1-5-10-22-15-19-18-14(20(15)17)11-21-13-8-6-12(7-9-13)16(2,3)4/h5-9H,1,10-11,17H2,2-4H3. The van der Waals surface area contributed by atoms with E-state index in [-0.39, 0.29) is 12.0 Å². The van der Waals surface area contributed by atoms with Gasteiger partial charge in [0.25, 0.3) is 0 Å². The van der Waals surface area contributed by atoms with Crippen molar-refractivity contribution in [2.75, 3.05) is 11.6 Å². The molecule has 118 valence electrons. The summed E-state index contributed by atoms with van der Waals surface area (Å²) in [6.07, 6.45) is 1.80. The molecule has 0 saturated carbocycles. The molecule has 1 aromatic carbocycles. The Morgan fingerprint density at radius 2 is 1.95 bits per heavy atom. The molecule has 0 amide bonds. The number of hydrogen-bond acceptors (Lipinski definition) is 5. The summed E-state index contributed by atoms with van der Waals surface area (Å²) < 4.78 is 7.18. The maximum atomic E-state index is 5.95. The minimum Gasteiger partial charge on any atom is -0.486 e. The summed E-state index contributed by atoms with van der Waals surface area (Å²) in [6.45, 7) is 10.5. The molecule has 5 nitrogen and oxygen atoms in total. The van der Waals surface area contributed by atoms with Crippen molar-refractivity contribution in [2.24, 2.45) is 0 Å². The molecule has 1 heterocycles. The molecule has 0 aliphatic carbocycles. The van der Waals surface area contributed by atoms with Gasteiger partial charge in [0, 0.05) is 5.75 Å². The van der Waals surface area contributed by atoms with E-state index in [2.05, 4.69) is 49.7 Å². The van der Waals surface area contributed by atoms with Crippen LogP contribution in [0.15, 0.2) is 42.1 Å². The maximum Gasteiger partial charge on any atom is 0.210 e. The van der Waals surface area contributed by atoms with Crippen LogP contribution in [0.1, 0.15) is 32.2 Å². The lowest BCUT2D eigenvalue weighted by atomic mass is 9.87. The molecule has 2 N–H and O–H groups in total. The first-order valence-corrected chi connectivity index (χ1v) is 8.07. The lowest BCUT2D eigenvalue weighted by Crippen LogP contribution is -2.16. The van der Waals surface area contributed by atoms with Crippen molar-refractivity contribution < 1.29 is 4.74 Å². The lowest BCUT2D eigenvalue weighted by molar-refractivity contribution is 0.291. The molecule has 0 spiro atoms. The number of aromatic nitrogens is 3. The molecule has 0 aliphatic rings. The first kappa shape index (κ1) is 16.4. The van der Waals surface area contributed by atoms with Gasteiger partial charge in [-0.25, -0.2) is 4.68 Å². The number of rotatable bonds is 6. The van der Waals surface area contributed by atoms with Gasteiger partial charge in [-0.05, 0) is 23.1 Å². The highest BCUT2D eigenvalue weighted by atomic mass is 32.2. The quantitative estimate of drug-likeness (QED) is 0.503. The third-order valence-electron chi connectivity index (χ3n) is 3.15. The Hall–Kier alpha value is -1.95. The Morgan fingerprint density at radius 3 is 2.55 bits per heavy atom. The second-order valence-electron chi connectivity index (χ2n) is 5.93. The number of nitrogens with two attached hydrogens (primary N) is 1. The van der Waals surface area contributed by atoms with Gasteiger partial charge in [-0.15, -0.1) is 16.8 Å². The van der Waals surface area contributed by atoms with Crippen LogP contribution in [-0.2, 0) is 12.0 Å². The average Bonchev–Trinajstić information content (AvgIpc) is 2.83. The summed E-state index contributed by atoms with van der Waals surface area (Å²) in [5.41, 5.74) is 1.40. The SMILES string of the molecule is C=CCSc1nnc(COc2ccc(C(C)(C)C)cc2)n1N. The van der Waals surface area contributed by atoms with Gasteiger partial charge in [-0.3, -0.25) is 0 Å². The van der Waals surface area contributed by atoms with E-state index in [1.807, 2.05) is 12.1 Å². The summed E-state index contributed by atoms with van der Waals surface area (Å²) in [4.78, 5) is 0. The topological polar surface area (TPSA) is 66.0 Å². The van der Waals surface area contributed by atoms with E-state index in [1.165, 1.54) is 22.0 Å². The maximum absolute atomic E-state index is 5.95. The molecule has 0 bridgehead atoms. The molecule has 1 aromatic heterocycles. The number of benzene rings is 1. The van der Waals surface area contributed by atoms with E-state index in [1.54, 1.807) is 6.08 Å². The highest BCUT2D eigenvalue weighted by molar-refractivity contribution is 7.99. The van der Waals surface area contributed by atoms with Crippen LogP contribution in [0.3, 0.4) is 0 Å². The molecule has 0 saturated heterocycles. The average molecular weight is 318 g/mol. The van der Waals surface area contributed by atoms with Crippen LogP contribution in [-0.4, -0.2) is 20.6 Å². The molecule has 2 aromatic rings. The number of nitrogens with zero attached hydrogens (tertiary/aromatic N) is 3. The van der Waals surface area contributed by atoms with E-state index in [0.717, 1.165) is 11.5 Å². The normalized spacial score (nSPS) is 11.4. The van der Waals surface area contributed by atoms with Crippen LogP contribution in [0, 0.1) is 0 Å². The molecule has 0 atom stereocenters. The van der Waals surface area contributed by atoms with Gasteiger partial charge in [0.15, 0.2) is 5.82 Å². The van der Waals surface area contributed by atoms with Crippen molar-refractivity contribution in [3.8, 4) is 5.75 Å². The number of hydrogen-bond donors (Lipinski definition) is 1. The summed E-state index contributed by atoms with van der Waals surface area (Å²) in [5.74, 6) is 8.06. The minimum absolute atomic E-state index is 0.132. The zero-order valence-electron chi connectivity index (χ0n) is 13.2. The van der Waals surface area contributed by atoms with Crippen LogP contribution < -0.4 is 10.6 Å². The van der Waals surface area contributed by atoms with Crippen LogP contribution in [0.2, 0.25) is 0 Å². The molecule has 0 unspecified atom stereocenters. The molecule has 0 fully saturated rings. The van der Waals surface area contributed by atoms with E-state index in [0.29, 0.717) is 11.0 Å². The van der Waals surface area contributed by atoms with E-state index >= 15 is 0 Å². The molecule has 22 heavy (non-hydrogen) atoms. The van der Waals surface area contributed by atoms with E-state index in [4.69, 9.17) is 10.6 Å². The predicted octanol–water partition coefficient (Wildman–Crippen LogP) is 3.15. The third kappa shape index (κ3) is 4.04. The molecule has 6 heteroatoms. The summed E-state index contributed by atoms with van der Waals surface area (Å²) >= 11 is 1.48. The second-order valence-corrected chi connectivity index (χ2v) is 6.92. The fourth-order valence-electron chi connectivity index (χ4n) is 1.84. The fraction of sp³-hybridized carbons (Fsp3) is 0.375. The number of ether oxygens (including phenoxy) is 1. The zero-order valence-corrected chi connectivity index (χ0v) is 14.1. The van der Waals surface area contributed by atoms with Crippen LogP contribution in [0.4, 0.5) is 0 Å². The molecule has 0 radical (unpaired) electrons. The Balaban J connectivity index is 1.98. The van der Waals surface area contributed by atoms with Crippen LogP contribution in [0.25, 0.3) is 0 Å². The third-order valence-corrected chi connectivity index (χ3v) is 4.09. The Kier molecular flexibility index (Phi) is 5.13. The van der Waals surface area contributed by atoms with E-state index in [9.17, 15) is 0 Å². The van der Waals surface area contributed by atoms with Crippen molar-refractivity contribution in [1.82, 2.24) is 14.9 Å². The molecular weight excluding hydrogens is 296 g/mol. The summed E-state index contributed by atoms with van der Waals surface area (Å²) in [5, 5.41) is 8.74. The first-order valence-electron chi connectivity index (χ1n) is 7.08. The monoisotopic (exact) mass is 318 g/mol. The van der Waals surface area contributed by atoms with Gasteiger partial charge >= 0.3 is 0 Å². The van der Waals surface area contributed by atoms with Gasteiger partial charge < -0.3 is 10.6 Å². The van der Waals surface area contributed by atoms with Gasteiger partial charge in [0.05, 0.1) is 0 Å². The van der Waals surface area contributed by atoms with Gasteiger partial charge in [0.2, 0.25) is 5.16 Å². The summed E-state index contributed by atoms with van der Waals surface area (Å²) in [6, 6.07) is 8.08. The van der Waals surface area contributed by atoms with Crippen molar-refractivity contribution in [3.05, 3.63) is 48.3 Å². The predicted molar refractivity (Wildman–Crippen MR) is 90.6 cm³/mol. The summed E-state index contributed by atoms with van der Waals surface area (Å²) in [7, 11) is 0. The van der Waals surface area contributed by atoms with Gasteiger partial charge in [0.1, 0.15) is 12.4 Å². The smallest absolute Gasteiger partial charge is 0.210 e. The minimum atomic E-state index is 0.132. The van der Waals surface area contributed by atoms with Gasteiger partial charge in [-0.2, -0.15) is 0 Å². The molecule has 2 rings (SSSR count). The van der Waals surface area contributed by atoms with Crippen molar-refractivity contribution in [2.45, 2.75) is 37.9 Å². The van der Waals surface area contributed by atoms with Gasteiger partial charge in [-0.1, -0.05) is 50.7 Å². The number of nitrogen functional groups attached to an aromatic ring is 1. The highest BCUT2D eigenvalue weighted by Gasteiger charge is 2.14. The Morgan fingerprint density at radius 1 is 1.27 bits per heavy atom.